The monoisotopic (exact) mass is 192 g/mol. The van der Waals surface area contributed by atoms with Crippen LogP contribution in [0.5, 0.6) is 0 Å². The Bertz CT molecular complexity index is 281. The van der Waals surface area contributed by atoms with Gasteiger partial charge < -0.3 is 15.5 Å². The van der Waals surface area contributed by atoms with Gasteiger partial charge in [0.25, 0.3) is 0 Å². The molecule has 0 N–H and O–H groups in total. The van der Waals surface area contributed by atoms with E-state index in [-0.39, 0.29) is 0 Å². The fourth-order valence-electron chi connectivity index (χ4n) is 1.13. The van der Waals surface area contributed by atoms with Crippen molar-refractivity contribution in [1.82, 2.24) is 0 Å². The van der Waals surface area contributed by atoms with E-state index in [1.54, 1.807) is 0 Å². The Labute approximate surface area is 84.8 Å². The normalized spacial score (nSPS) is 9.64. The van der Waals surface area contributed by atoms with Crippen molar-refractivity contribution >= 4 is 0 Å². The van der Waals surface area contributed by atoms with Crippen LogP contribution in [-0.2, 0) is 6.54 Å². The molecule has 0 unspecified atom stereocenters. The number of rotatable bonds is 2. The van der Waals surface area contributed by atoms with Gasteiger partial charge in [-0.25, -0.2) is 0 Å². The van der Waals surface area contributed by atoms with E-state index in [9.17, 15) is 0 Å². The van der Waals surface area contributed by atoms with Crippen LogP contribution in [0.25, 0.3) is 16.0 Å². The van der Waals surface area contributed by atoms with Crippen LogP contribution in [0.15, 0.2) is 30.3 Å². The third-order valence-corrected chi connectivity index (χ3v) is 1.50. The van der Waals surface area contributed by atoms with Crippen molar-refractivity contribution < 1.29 is 4.48 Å². The Morgan fingerprint density at radius 3 is 1.86 bits per heavy atom. The van der Waals surface area contributed by atoms with Gasteiger partial charge in [0, 0.05) is 5.56 Å². The molecule has 0 spiro atoms. The minimum Gasteiger partial charge on any atom is -0.373 e. The van der Waals surface area contributed by atoms with E-state index < -0.39 is 0 Å². The van der Waals surface area contributed by atoms with E-state index >= 15 is 0 Å². The minimum absolute atomic E-state index is 0.990. The quantitative estimate of drug-likeness (QED) is 0.299. The van der Waals surface area contributed by atoms with E-state index in [4.69, 9.17) is 11.1 Å². The van der Waals surface area contributed by atoms with Crippen molar-refractivity contribution in [3.8, 4) is 0 Å². The maximum atomic E-state index is 6.75. The predicted octanol–water partition coefficient (Wildman–Crippen LogP) is 2.76. The van der Waals surface area contributed by atoms with Gasteiger partial charge in [-0.2, -0.15) is 0 Å². The van der Waals surface area contributed by atoms with E-state index in [0.717, 1.165) is 11.0 Å². The second kappa shape index (κ2) is 6.02. The lowest BCUT2D eigenvalue weighted by Gasteiger charge is -2.23. The highest BCUT2D eigenvalue weighted by molar-refractivity contribution is 5.13. The first-order chi connectivity index (χ1) is 6.49. The molecule has 0 bridgehead atoms. The summed E-state index contributed by atoms with van der Waals surface area (Å²) >= 11 is 0. The van der Waals surface area contributed by atoms with Gasteiger partial charge in [0.2, 0.25) is 0 Å². The number of benzene rings is 1. The third kappa shape index (κ3) is 7.16. The van der Waals surface area contributed by atoms with Gasteiger partial charge in [-0.1, -0.05) is 30.3 Å². The van der Waals surface area contributed by atoms with Crippen LogP contribution in [-0.4, -0.2) is 25.6 Å². The van der Waals surface area contributed by atoms with Crippen molar-refractivity contribution in [2.75, 3.05) is 21.1 Å². The first kappa shape index (κ1) is 12.5. The average Bonchev–Trinajstić information content (AvgIpc) is 2.04. The fourth-order valence-corrected chi connectivity index (χ4v) is 1.13. The maximum Gasteiger partial charge on any atom is 0.104 e. The average molecular weight is 192 g/mol. The summed E-state index contributed by atoms with van der Waals surface area (Å²) in [6.07, 6.45) is 0. The Morgan fingerprint density at radius 1 is 1.07 bits per heavy atom. The molecule has 0 saturated carbocycles. The lowest BCUT2D eigenvalue weighted by molar-refractivity contribution is -0.884. The molecule has 0 aliphatic carbocycles. The Balaban J connectivity index is 0.000000500. The van der Waals surface area contributed by atoms with Crippen molar-refractivity contribution in [3.05, 3.63) is 51.9 Å². The molecule has 0 aliphatic heterocycles. The first-order valence-electron chi connectivity index (χ1n) is 4.32. The second-order valence-electron chi connectivity index (χ2n) is 4.02. The highest BCUT2D eigenvalue weighted by Gasteiger charge is 2.06. The maximum absolute atomic E-state index is 6.75. The molecule has 1 aromatic rings. The topological polar surface area (TPSA) is 58.7 Å². The predicted molar refractivity (Wildman–Crippen MR) is 58.3 cm³/mol. The summed E-state index contributed by atoms with van der Waals surface area (Å²) in [5, 5.41) is 0. The van der Waals surface area contributed by atoms with Gasteiger partial charge in [-0.3, -0.25) is 4.91 Å². The van der Waals surface area contributed by atoms with Crippen molar-refractivity contribution in [3.63, 3.8) is 0 Å². The number of nitrogens with zero attached hydrogens (tertiary/aromatic N) is 4. The summed E-state index contributed by atoms with van der Waals surface area (Å²) < 4.78 is 0.990. The zero-order valence-electron chi connectivity index (χ0n) is 8.88. The molecule has 0 atom stereocenters. The highest BCUT2D eigenvalue weighted by Crippen LogP contribution is 2.04. The van der Waals surface area contributed by atoms with Gasteiger partial charge in [-0.05, 0) is 0 Å². The van der Waals surface area contributed by atoms with Crippen LogP contribution in [0.3, 0.4) is 0 Å². The molecule has 0 heterocycles. The SMILES string of the molecule is C[N+](C)(C)Cc1ccccc1.[N-]=[N+]=[N-]. The van der Waals surface area contributed by atoms with Gasteiger partial charge in [0.1, 0.15) is 6.54 Å². The molecule has 0 saturated heterocycles. The molecule has 4 heteroatoms. The summed E-state index contributed by atoms with van der Waals surface area (Å²) in [4.78, 5) is 1.50. The lowest BCUT2D eigenvalue weighted by Crippen LogP contribution is -2.33. The van der Waals surface area contributed by atoms with Gasteiger partial charge in [-0.15, -0.1) is 0 Å². The third-order valence-electron chi connectivity index (χ3n) is 1.50. The van der Waals surface area contributed by atoms with Gasteiger partial charge in [0.05, 0.1) is 21.1 Å². The second-order valence-corrected chi connectivity index (χ2v) is 4.02. The van der Waals surface area contributed by atoms with Crippen molar-refractivity contribution in [2.45, 2.75) is 6.54 Å². The van der Waals surface area contributed by atoms with E-state index in [0.29, 0.717) is 0 Å². The summed E-state index contributed by atoms with van der Waals surface area (Å²) in [5.41, 5.74) is 14.9. The van der Waals surface area contributed by atoms with Crippen LogP contribution in [0.4, 0.5) is 0 Å². The zero-order valence-corrected chi connectivity index (χ0v) is 8.88. The van der Waals surface area contributed by atoms with E-state index in [2.05, 4.69) is 51.5 Å². The number of hydrogen-bond acceptors (Lipinski definition) is 0. The van der Waals surface area contributed by atoms with E-state index in [1.165, 1.54) is 10.5 Å². The molecule has 76 valence electrons. The smallest absolute Gasteiger partial charge is 0.104 e. The molecule has 4 nitrogen and oxygen atoms in total. The minimum atomic E-state index is 0.990. The molecule has 1 rings (SSSR count). The molecule has 0 aromatic heterocycles. The van der Waals surface area contributed by atoms with Crippen LogP contribution in [0, 0.1) is 0 Å². The molecule has 0 amide bonds. The zero-order chi connectivity index (χ0) is 11.0. The number of hydrogen-bond donors (Lipinski definition) is 0. The van der Waals surface area contributed by atoms with Crippen LogP contribution in [0.1, 0.15) is 5.56 Å². The van der Waals surface area contributed by atoms with Gasteiger partial charge in [0.15, 0.2) is 0 Å². The summed E-state index contributed by atoms with van der Waals surface area (Å²) in [6.45, 7) is 1.10. The molecule has 0 fully saturated rings. The summed E-state index contributed by atoms with van der Waals surface area (Å²) in [7, 11) is 6.60. The van der Waals surface area contributed by atoms with Crippen LogP contribution >= 0.6 is 0 Å². The largest absolute Gasteiger partial charge is 0.373 e. The first-order valence-corrected chi connectivity index (χ1v) is 4.32. The van der Waals surface area contributed by atoms with Crippen molar-refractivity contribution in [2.24, 2.45) is 0 Å². The van der Waals surface area contributed by atoms with Crippen LogP contribution in [0.2, 0.25) is 0 Å². The molecule has 14 heavy (non-hydrogen) atoms. The molecule has 0 aliphatic rings. The number of quaternary nitrogens is 1. The highest BCUT2D eigenvalue weighted by atomic mass is 15.3. The summed E-state index contributed by atoms with van der Waals surface area (Å²) in [6, 6.07) is 10.6. The Morgan fingerprint density at radius 2 is 1.50 bits per heavy atom. The molecular formula is C10H16N4. The summed E-state index contributed by atoms with van der Waals surface area (Å²) in [5.74, 6) is 0. The van der Waals surface area contributed by atoms with Crippen molar-refractivity contribution in [1.29, 1.82) is 0 Å². The van der Waals surface area contributed by atoms with Gasteiger partial charge >= 0.3 is 0 Å². The lowest BCUT2D eigenvalue weighted by atomic mass is 10.2. The Hall–Kier alpha value is -1.51. The molecule has 1 aromatic carbocycles. The fraction of sp³-hybridized carbons (Fsp3) is 0.400. The van der Waals surface area contributed by atoms with Crippen LogP contribution < -0.4 is 0 Å². The van der Waals surface area contributed by atoms with E-state index in [1.807, 2.05) is 0 Å². The standard InChI is InChI=1S/C10H16N.N3/c1-11(2,3)9-10-7-5-4-6-8-10;1-3-2/h4-8H,9H2,1-3H3;/q+1;-1. The molecular weight excluding hydrogens is 176 g/mol. The Kier molecular flexibility index (Phi) is 5.37. The molecule has 0 radical (unpaired) electrons.